The molecule has 0 saturated carbocycles. The molecule has 0 aliphatic heterocycles. The molecule has 0 aliphatic rings. The summed E-state index contributed by atoms with van der Waals surface area (Å²) in [7, 11) is 1.38. The van der Waals surface area contributed by atoms with E-state index < -0.39 is 0 Å². The average Bonchev–Trinajstić information content (AvgIpc) is 2.37. The van der Waals surface area contributed by atoms with Gasteiger partial charge in [-0.15, -0.1) is 0 Å². The van der Waals surface area contributed by atoms with Crippen molar-refractivity contribution in [1.82, 2.24) is 0 Å². The van der Waals surface area contributed by atoms with Crippen LogP contribution in [0.4, 0.5) is 0 Å². The van der Waals surface area contributed by atoms with E-state index in [-0.39, 0.29) is 12.4 Å². The predicted octanol–water partition coefficient (Wildman–Crippen LogP) is 3.85. The van der Waals surface area contributed by atoms with E-state index in [1.165, 1.54) is 18.2 Å². The van der Waals surface area contributed by atoms with Gasteiger partial charge in [0.15, 0.2) is 0 Å². The van der Waals surface area contributed by atoms with Gasteiger partial charge < -0.3 is 4.74 Å². The van der Waals surface area contributed by atoms with Crippen molar-refractivity contribution >= 4 is 5.97 Å². The normalized spacial score (nSPS) is 10.3. The smallest absolute Gasteiger partial charge is 0.317 e. The van der Waals surface area contributed by atoms with Gasteiger partial charge in [-0.2, -0.15) is 0 Å². The lowest BCUT2D eigenvalue weighted by molar-refractivity contribution is -0.139. The maximum absolute atomic E-state index is 11.1. The minimum atomic E-state index is -0.291. The first-order valence-electron chi connectivity index (χ1n) is 6.65. The Hall–Kier alpha value is -1.75. The Labute approximate surface area is 116 Å². The number of carbonyl (C=O) groups excluding carboxylic acids is 1. The van der Waals surface area contributed by atoms with Crippen molar-refractivity contribution < 1.29 is 9.53 Å². The molecule has 1 rings (SSSR count). The fourth-order valence-electron chi connectivity index (χ4n) is 1.97. The highest BCUT2D eigenvalue weighted by atomic mass is 16.5. The second-order valence-corrected chi connectivity index (χ2v) is 5.18. The van der Waals surface area contributed by atoms with Gasteiger partial charge in [0.1, 0.15) is 6.42 Å². The van der Waals surface area contributed by atoms with Gasteiger partial charge in [-0.05, 0) is 23.0 Å². The highest BCUT2D eigenvalue weighted by Crippen LogP contribution is 2.26. The Balaban J connectivity index is 3.18. The molecule has 0 amide bonds. The molecule has 1 aromatic rings. The molecule has 0 aliphatic carbocycles. The molecule has 0 heterocycles. The van der Waals surface area contributed by atoms with Gasteiger partial charge in [-0.25, -0.2) is 0 Å². The van der Waals surface area contributed by atoms with Gasteiger partial charge in [0, 0.05) is 5.56 Å². The Morgan fingerprint density at radius 2 is 1.68 bits per heavy atom. The minimum Gasteiger partial charge on any atom is -0.468 e. The maximum Gasteiger partial charge on any atom is 0.317 e. The average molecular weight is 258 g/mol. The number of rotatable bonds is 3. The molecule has 0 spiro atoms. The van der Waals surface area contributed by atoms with Crippen molar-refractivity contribution in [2.24, 2.45) is 0 Å². The molecule has 0 N–H and O–H groups in total. The first-order chi connectivity index (χ1) is 8.97. The van der Waals surface area contributed by atoms with Crippen LogP contribution in [0.25, 0.3) is 0 Å². The van der Waals surface area contributed by atoms with E-state index in [1.807, 2.05) is 0 Å². The molecule has 1 aromatic carbocycles. The van der Waals surface area contributed by atoms with Gasteiger partial charge in [0.2, 0.25) is 0 Å². The zero-order valence-electron chi connectivity index (χ0n) is 12.4. The highest BCUT2D eigenvalue weighted by Gasteiger charge is 2.11. The third-order valence-electron chi connectivity index (χ3n) is 3.05. The van der Waals surface area contributed by atoms with Crippen LogP contribution in [-0.2, 0) is 9.53 Å². The lowest BCUT2D eigenvalue weighted by Crippen LogP contribution is -2.01. The van der Waals surface area contributed by atoms with Crippen molar-refractivity contribution in [2.75, 3.05) is 7.11 Å². The van der Waals surface area contributed by atoms with Crippen LogP contribution in [0, 0.1) is 11.8 Å². The second-order valence-electron chi connectivity index (χ2n) is 5.18. The number of benzene rings is 1. The number of carbonyl (C=O) groups is 1. The predicted molar refractivity (Wildman–Crippen MR) is 78.1 cm³/mol. The summed E-state index contributed by atoms with van der Waals surface area (Å²) in [6, 6.07) is 6.30. The van der Waals surface area contributed by atoms with E-state index in [2.05, 4.69) is 62.5 Å². The fourth-order valence-corrected chi connectivity index (χ4v) is 1.97. The Morgan fingerprint density at radius 3 is 2.11 bits per heavy atom. The molecule has 0 atom stereocenters. The monoisotopic (exact) mass is 258 g/mol. The Morgan fingerprint density at radius 1 is 1.16 bits per heavy atom. The van der Waals surface area contributed by atoms with Gasteiger partial charge in [-0.1, -0.05) is 57.7 Å². The summed E-state index contributed by atoms with van der Waals surface area (Å²) in [6.07, 6.45) is 0.139. The SMILES string of the molecule is COC(=O)CC#Cc1c(C(C)C)cccc1C(C)C. The maximum atomic E-state index is 11.1. The van der Waals surface area contributed by atoms with E-state index >= 15 is 0 Å². The van der Waals surface area contributed by atoms with Crippen LogP contribution < -0.4 is 0 Å². The van der Waals surface area contributed by atoms with E-state index in [1.54, 1.807) is 0 Å². The van der Waals surface area contributed by atoms with Gasteiger partial charge in [0.25, 0.3) is 0 Å². The summed E-state index contributed by atoms with van der Waals surface area (Å²) in [5, 5.41) is 0. The van der Waals surface area contributed by atoms with E-state index in [4.69, 9.17) is 0 Å². The lowest BCUT2D eigenvalue weighted by atomic mass is 9.89. The van der Waals surface area contributed by atoms with E-state index in [9.17, 15) is 4.79 Å². The zero-order valence-corrected chi connectivity index (χ0v) is 12.4. The number of hydrogen-bond acceptors (Lipinski definition) is 2. The van der Waals surface area contributed by atoms with Crippen LogP contribution in [0.15, 0.2) is 18.2 Å². The molecule has 19 heavy (non-hydrogen) atoms. The van der Waals surface area contributed by atoms with Gasteiger partial charge >= 0.3 is 5.97 Å². The lowest BCUT2D eigenvalue weighted by Gasteiger charge is -2.15. The Kier molecular flexibility index (Phi) is 5.63. The molecule has 0 radical (unpaired) electrons. The van der Waals surface area contributed by atoms with E-state index in [0.29, 0.717) is 11.8 Å². The molecule has 0 saturated heterocycles. The summed E-state index contributed by atoms with van der Waals surface area (Å²) in [6.45, 7) is 8.63. The zero-order chi connectivity index (χ0) is 14.4. The second kappa shape index (κ2) is 6.99. The largest absolute Gasteiger partial charge is 0.468 e. The molecule has 102 valence electrons. The van der Waals surface area contributed by atoms with Crippen LogP contribution in [0.5, 0.6) is 0 Å². The van der Waals surface area contributed by atoms with Crippen LogP contribution in [-0.4, -0.2) is 13.1 Å². The van der Waals surface area contributed by atoms with Crippen LogP contribution in [0.1, 0.15) is 62.6 Å². The number of esters is 1. The van der Waals surface area contributed by atoms with E-state index in [0.717, 1.165) is 5.56 Å². The first kappa shape index (κ1) is 15.3. The Bertz CT molecular complexity index is 475. The summed E-state index contributed by atoms with van der Waals surface area (Å²) in [5.74, 6) is 6.62. The third kappa shape index (κ3) is 4.13. The van der Waals surface area contributed by atoms with Crippen LogP contribution in [0.3, 0.4) is 0 Å². The molecule has 0 unspecified atom stereocenters. The fraction of sp³-hybridized carbons (Fsp3) is 0.471. The van der Waals surface area contributed by atoms with Crippen molar-refractivity contribution in [2.45, 2.75) is 46.0 Å². The number of methoxy groups -OCH3 is 1. The highest BCUT2D eigenvalue weighted by molar-refractivity contribution is 5.72. The number of ether oxygens (including phenoxy) is 1. The number of hydrogen-bond donors (Lipinski definition) is 0. The standard InChI is InChI=1S/C17H22O2/c1-12(2)14-8-6-9-15(13(3)4)16(14)10-7-11-17(18)19-5/h6,8-9,12-13H,11H2,1-5H3. The summed E-state index contributed by atoms with van der Waals surface area (Å²) >= 11 is 0. The molecule has 2 nitrogen and oxygen atoms in total. The first-order valence-corrected chi connectivity index (χ1v) is 6.65. The minimum absolute atomic E-state index is 0.139. The summed E-state index contributed by atoms with van der Waals surface area (Å²) < 4.78 is 4.60. The van der Waals surface area contributed by atoms with Crippen molar-refractivity contribution in [3.8, 4) is 11.8 Å². The third-order valence-corrected chi connectivity index (χ3v) is 3.05. The topological polar surface area (TPSA) is 26.3 Å². The molecule has 0 aromatic heterocycles. The van der Waals surface area contributed by atoms with Gasteiger partial charge in [0.05, 0.1) is 7.11 Å². The summed E-state index contributed by atoms with van der Waals surface area (Å²) in [5.41, 5.74) is 3.54. The van der Waals surface area contributed by atoms with Gasteiger partial charge in [-0.3, -0.25) is 4.79 Å². The van der Waals surface area contributed by atoms with Crippen molar-refractivity contribution in [3.63, 3.8) is 0 Å². The van der Waals surface area contributed by atoms with Crippen LogP contribution >= 0.6 is 0 Å². The quantitative estimate of drug-likeness (QED) is 0.608. The molecular formula is C17H22O2. The molecule has 2 heteroatoms. The van der Waals surface area contributed by atoms with Crippen LogP contribution in [0.2, 0.25) is 0 Å². The molecule has 0 fully saturated rings. The molecule has 0 bridgehead atoms. The summed E-state index contributed by atoms with van der Waals surface area (Å²) in [4.78, 5) is 11.1. The molecular weight excluding hydrogens is 236 g/mol. The van der Waals surface area contributed by atoms with Crippen molar-refractivity contribution in [3.05, 3.63) is 34.9 Å². The van der Waals surface area contributed by atoms with Crippen molar-refractivity contribution in [1.29, 1.82) is 0 Å².